The number of pyridine rings is 1. The van der Waals surface area contributed by atoms with Gasteiger partial charge in [-0.1, -0.05) is 18.2 Å². The largest absolute Gasteiger partial charge is 0.378 e. The third-order valence-corrected chi connectivity index (χ3v) is 5.38. The molecule has 1 aromatic carbocycles. The number of halogens is 1. The molecule has 0 aliphatic rings. The number of hydrogen-bond acceptors (Lipinski definition) is 3. The molecule has 0 atom stereocenters. The van der Waals surface area contributed by atoms with Crippen molar-refractivity contribution in [3.8, 4) is 5.69 Å². The Morgan fingerprint density at radius 3 is 2.39 bits per heavy atom. The van der Waals surface area contributed by atoms with Crippen LogP contribution in [0.2, 0.25) is 0 Å². The lowest BCUT2D eigenvalue weighted by Gasteiger charge is -2.15. The van der Waals surface area contributed by atoms with Gasteiger partial charge in [-0.3, -0.25) is 0 Å². The summed E-state index contributed by atoms with van der Waals surface area (Å²) in [6, 6.07) is 8.59. The van der Waals surface area contributed by atoms with Gasteiger partial charge in [0, 0.05) is 30.3 Å². The van der Waals surface area contributed by atoms with Crippen molar-refractivity contribution in [3.05, 3.63) is 76.8 Å². The Hall–Kier alpha value is -2.79. The first-order chi connectivity index (χ1) is 13.0. The lowest BCUT2D eigenvalue weighted by atomic mass is 10.0. The van der Waals surface area contributed by atoms with Crippen LogP contribution in [0.1, 0.15) is 33.8 Å². The maximum atomic E-state index is 4.79. The maximum absolute atomic E-state index is 4.79. The number of imidazole rings is 2. The molecule has 3 heterocycles. The minimum absolute atomic E-state index is 0. The second-order valence-corrected chi connectivity index (χ2v) is 7.22. The molecule has 0 fully saturated rings. The summed E-state index contributed by atoms with van der Waals surface area (Å²) in [5.41, 5.74) is 10.3. The van der Waals surface area contributed by atoms with Crippen molar-refractivity contribution in [3.63, 3.8) is 0 Å². The SMILES string of the molecule is Cc1cccc(C)c1CNc1cc(-n2cncc2C)cn2c(C)c(C)nc12.Cl. The van der Waals surface area contributed by atoms with E-state index in [1.807, 2.05) is 12.5 Å². The number of aryl methyl sites for hydroxylation is 5. The van der Waals surface area contributed by atoms with E-state index in [-0.39, 0.29) is 12.4 Å². The van der Waals surface area contributed by atoms with Gasteiger partial charge in [-0.15, -0.1) is 12.4 Å². The van der Waals surface area contributed by atoms with Crippen molar-refractivity contribution < 1.29 is 0 Å². The van der Waals surface area contributed by atoms with Crippen LogP contribution in [0.4, 0.5) is 5.69 Å². The number of nitrogens with one attached hydrogen (secondary N) is 1. The standard InChI is InChI=1S/C22H25N5.ClH/c1-14-7-6-8-15(2)20(14)11-24-21-9-19(27-13-23-10-16(27)3)12-26-18(5)17(4)25-22(21)26;/h6-10,12-13,24H,11H2,1-5H3;1H. The predicted molar refractivity (Wildman–Crippen MR) is 117 cm³/mol. The fraction of sp³-hybridized carbons (Fsp3) is 0.273. The number of nitrogens with zero attached hydrogens (tertiary/aromatic N) is 4. The molecule has 146 valence electrons. The molecule has 0 unspecified atom stereocenters. The molecule has 4 rings (SSSR count). The molecule has 0 bridgehead atoms. The summed E-state index contributed by atoms with van der Waals surface area (Å²) in [5.74, 6) is 0. The summed E-state index contributed by atoms with van der Waals surface area (Å²) in [5, 5.41) is 3.63. The van der Waals surface area contributed by atoms with E-state index in [4.69, 9.17) is 4.98 Å². The van der Waals surface area contributed by atoms with Gasteiger partial charge in [0.2, 0.25) is 0 Å². The van der Waals surface area contributed by atoms with Crippen molar-refractivity contribution >= 4 is 23.7 Å². The van der Waals surface area contributed by atoms with Crippen LogP contribution in [0, 0.1) is 34.6 Å². The van der Waals surface area contributed by atoms with Crippen LogP contribution in [0.5, 0.6) is 0 Å². The topological polar surface area (TPSA) is 47.2 Å². The maximum Gasteiger partial charge on any atom is 0.160 e. The van der Waals surface area contributed by atoms with E-state index in [0.717, 1.165) is 40.6 Å². The number of fused-ring (bicyclic) bond motifs is 1. The van der Waals surface area contributed by atoms with Crippen LogP contribution in [0.25, 0.3) is 11.3 Å². The molecule has 0 saturated heterocycles. The van der Waals surface area contributed by atoms with Crippen molar-refractivity contribution in [2.45, 2.75) is 41.2 Å². The van der Waals surface area contributed by atoms with Crippen LogP contribution in [0.15, 0.2) is 43.0 Å². The van der Waals surface area contributed by atoms with Crippen molar-refractivity contribution in [2.24, 2.45) is 0 Å². The van der Waals surface area contributed by atoms with Gasteiger partial charge in [0.05, 0.1) is 23.4 Å². The van der Waals surface area contributed by atoms with Gasteiger partial charge in [-0.05, 0) is 57.4 Å². The summed E-state index contributed by atoms with van der Waals surface area (Å²) in [7, 11) is 0. The van der Waals surface area contributed by atoms with Gasteiger partial charge >= 0.3 is 0 Å². The molecule has 6 heteroatoms. The molecule has 1 N–H and O–H groups in total. The first-order valence-corrected chi connectivity index (χ1v) is 9.23. The van der Waals surface area contributed by atoms with E-state index >= 15 is 0 Å². The third kappa shape index (κ3) is 3.38. The minimum Gasteiger partial charge on any atom is -0.378 e. The summed E-state index contributed by atoms with van der Waals surface area (Å²) in [6.07, 6.45) is 5.86. The molecule has 5 nitrogen and oxygen atoms in total. The van der Waals surface area contributed by atoms with E-state index < -0.39 is 0 Å². The fourth-order valence-electron chi connectivity index (χ4n) is 3.56. The lowest BCUT2D eigenvalue weighted by Crippen LogP contribution is -2.07. The molecule has 0 amide bonds. The monoisotopic (exact) mass is 395 g/mol. The van der Waals surface area contributed by atoms with Crippen LogP contribution in [-0.2, 0) is 6.54 Å². The first kappa shape index (κ1) is 20.0. The lowest BCUT2D eigenvalue weighted by molar-refractivity contribution is 0.969. The van der Waals surface area contributed by atoms with Gasteiger partial charge in [0.25, 0.3) is 0 Å². The molecule has 0 aliphatic heterocycles. The highest BCUT2D eigenvalue weighted by Crippen LogP contribution is 2.25. The van der Waals surface area contributed by atoms with Crippen LogP contribution >= 0.6 is 12.4 Å². The van der Waals surface area contributed by atoms with E-state index in [0.29, 0.717) is 0 Å². The molecule has 28 heavy (non-hydrogen) atoms. The molecule has 0 aliphatic carbocycles. The quantitative estimate of drug-likeness (QED) is 0.523. The zero-order chi connectivity index (χ0) is 19.1. The molecular weight excluding hydrogens is 370 g/mol. The van der Waals surface area contributed by atoms with E-state index in [1.54, 1.807) is 0 Å². The molecule has 4 aromatic rings. The number of anilines is 1. The smallest absolute Gasteiger partial charge is 0.160 e. The Labute approximate surface area is 171 Å². The van der Waals surface area contributed by atoms with Gasteiger partial charge in [-0.25, -0.2) is 9.97 Å². The molecular formula is C22H26ClN5. The van der Waals surface area contributed by atoms with Gasteiger partial charge in [-0.2, -0.15) is 0 Å². The highest BCUT2D eigenvalue weighted by molar-refractivity contribution is 5.85. The van der Waals surface area contributed by atoms with Crippen LogP contribution in [-0.4, -0.2) is 18.9 Å². The summed E-state index contributed by atoms with van der Waals surface area (Å²) < 4.78 is 4.26. The van der Waals surface area contributed by atoms with Crippen LogP contribution in [0.3, 0.4) is 0 Å². The van der Waals surface area contributed by atoms with Gasteiger partial charge < -0.3 is 14.3 Å². The number of rotatable bonds is 4. The number of benzene rings is 1. The molecule has 0 radical (unpaired) electrons. The van der Waals surface area contributed by atoms with E-state index in [9.17, 15) is 0 Å². The predicted octanol–water partition coefficient (Wildman–Crippen LogP) is 5.10. The number of aromatic nitrogens is 4. The highest BCUT2D eigenvalue weighted by atomic mass is 35.5. The van der Waals surface area contributed by atoms with Gasteiger partial charge in [0.15, 0.2) is 5.65 Å². The Balaban J connectivity index is 0.00000225. The number of hydrogen-bond donors (Lipinski definition) is 1. The van der Waals surface area contributed by atoms with Crippen molar-refractivity contribution in [1.82, 2.24) is 18.9 Å². The van der Waals surface area contributed by atoms with E-state index in [2.05, 4.69) is 84.3 Å². The minimum atomic E-state index is 0. The zero-order valence-corrected chi connectivity index (χ0v) is 17.8. The highest BCUT2D eigenvalue weighted by Gasteiger charge is 2.13. The fourth-order valence-corrected chi connectivity index (χ4v) is 3.56. The molecule has 3 aromatic heterocycles. The van der Waals surface area contributed by atoms with Crippen molar-refractivity contribution in [1.29, 1.82) is 0 Å². The van der Waals surface area contributed by atoms with Gasteiger partial charge in [0.1, 0.15) is 0 Å². The Bertz CT molecular complexity index is 1120. The Kier molecular flexibility index (Phi) is 5.47. The Morgan fingerprint density at radius 2 is 1.75 bits per heavy atom. The first-order valence-electron chi connectivity index (χ1n) is 9.23. The molecule has 0 spiro atoms. The average Bonchev–Trinajstić information content (AvgIpc) is 3.18. The third-order valence-electron chi connectivity index (χ3n) is 5.38. The van der Waals surface area contributed by atoms with E-state index in [1.165, 1.54) is 16.7 Å². The second kappa shape index (κ2) is 7.68. The average molecular weight is 396 g/mol. The summed E-state index contributed by atoms with van der Waals surface area (Å²) in [6.45, 7) is 11.3. The summed E-state index contributed by atoms with van der Waals surface area (Å²) >= 11 is 0. The van der Waals surface area contributed by atoms with Crippen molar-refractivity contribution in [2.75, 3.05) is 5.32 Å². The second-order valence-electron chi connectivity index (χ2n) is 7.22. The summed E-state index contributed by atoms with van der Waals surface area (Å²) in [4.78, 5) is 9.06. The molecule has 0 saturated carbocycles. The zero-order valence-electron chi connectivity index (χ0n) is 16.9. The normalized spacial score (nSPS) is 10.9. The van der Waals surface area contributed by atoms with Crippen LogP contribution < -0.4 is 5.32 Å². The Morgan fingerprint density at radius 1 is 1.04 bits per heavy atom.